The summed E-state index contributed by atoms with van der Waals surface area (Å²) in [5.74, 6) is 0. The van der Waals surface area contributed by atoms with E-state index in [1.54, 1.807) is 11.3 Å². The summed E-state index contributed by atoms with van der Waals surface area (Å²) in [6.45, 7) is 6.50. The normalized spacial score (nSPS) is 13.6. The molecule has 2 nitrogen and oxygen atoms in total. The molecule has 3 heteroatoms. The van der Waals surface area contributed by atoms with Gasteiger partial charge in [-0.15, -0.1) is 11.3 Å². The van der Waals surface area contributed by atoms with E-state index >= 15 is 0 Å². The van der Waals surface area contributed by atoms with Crippen LogP contribution < -0.4 is 5.73 Å². The number of hydrogen-bond donors (Lipinski definition) is 1. The zero-order chi connectivity index (χ0) is 12.5. The van der Waals surface area contributed by atoms with Gasteiger partial charge in [-0.25, -0.2) is 4.98 Å². The van der Waals surface area contributed by atoms with Crippen LogP contribution in [0.2, 0.25) is 0 Å². The third kappa shape index (κ3) is 2.73. The molecule has 17 heavy (non-hydrogen) atoms. The van der Waals surface area contributed by atoms with E-state index in [1.807, 2.05) is 30.3 Å². The van der Waals surface area contributed by atoms with Gasteiger partial charge in [0.1, 0.15) is 5.01 Å². The van der Waals surface area contributed by atoms with Gasteiger partial charge in [0.05, 0.1) is 11.7 Å². The second kappa shape index (κ2) is 4.59. The van der Waals surface area contributed by atoms with Crippen molar-refractivity contribution in [2.75, 3.05) is 0 Å². The molecule has 0 saturated carbocycles. The van der Waals surface area contributed by atoms with Crippen molar-refractivity contribution < 1.29 is 0 Å². The standard InChI is InChI=1S/C14H18N2S/c1-14(2,3)11-9-17-13(16-11)12(15)10-7-5-4-6-8-10/h4-9,12H,15H2,1-3H3/t12-/m1/s1. The fourth-order valence-electron chi connectivity index (χ4n) is 1.58. The van der Waals surface area contributed by atoms with E-state index in [2.05, 4.69) is 31.1 Å². The maximum absolute atomic E-state index is 6.22. The molecule has 90 valence electrons. The molecule has 1 aromatic carbocycles. The molecular weight excluding hydrogens is 228 g/mol. The number of thiazole rings is 1. The molecule has 0 amide bonds. The molecule has 0 bridgehead atoms. The van der Waals surface area contributed by atoms with Crippen LogP contribution in [0.25, 0.3) is 0 Å². The summed E-state index contributed by atoms with van der Waals surface area (Å²) in [5, 5.41) is 3.10. The molecule has 0 saturated heterocycles. The largest absolute Gasteiger partial charge is 0.318 e. The van der Waals surface area contributed by atoms with Gasteiger partial charge in [-0.1, -0.05) is 51.1 Å². The second-order valence-corrected chi connectivity index (χ2v) is 6.10. The Hall–Kier alpha value is -1.19. The molecule has 0 spiro atoms. The molecule has 0 aliphatic carbocycles. The molecule has 0 aliphatic rings. The summed E-state index contributed by atoms with van der Waals surface area (Å²) in [5.41, 5.74) is 8.54. The van der Waals surface area contributed by atoms with Crippen LogP contribution in [0.4, 0.5) is 0 Å². The van der Waals surface area contributed by atoms with Crippen molar-refractivity contribution in [2.24, 2.45) is 5.73 Å². The molecule has 0 fully saturated rings. The first-order chi connectivity index (χ1) is 7.98. The Balaban J connectivity index is 2.27. The zero-order valence-electron chi connectivity index (χ0n) is 10.5. The van der Waals surface area contributed by atoms with E-state index in [0.717, 1.165) is 16.3 Å². The minimum Gasteiger partial charge on any atom is -0.318 e. The summed E-state index contributed by atoms with van der Waals surface area (Å²) >= 11 is 1.64. The van der Waals surface area contributed by atoms with Crippen LogP contribution >= 0.6 is 11.3 Å². The molecule has 1 atom stereocenters. The Bertz CT molecular complexity index is 482. The number of aromatic nitrogens is 1. The molecule has 1 heterocycles. The fourth-order valence-corrected chi connectivity index (χ4v) is 2.65. The predicted octanol–water partition coefficient (Wildman–Crippen LogP) is 3.49. The first-order valence-corrected chi connectivity index (χ1v) is 6.63. The van der Waals surface area contributed by atoms with Gasteiger partial charge in [0.2, 0.25) is 0 Å². The average molecular weight is 246 g/mol. The highest BCUT2D eigenvalue weighted by Gasteiger charge is 2.20. The van der Waals surface area contributed by atoms with Gasteiger partial charge in [0.15, 0.2) is 0 Å². The van der Waals surface area contributed by atoms with E-state index in [0.29, 0.717) is 0 Å². The lowest BCUT2D eigenvalue weighted by Gasteiger charge is -2.15. The first kappa shape index (κ1) is 12.3. The van der Waals surface area contributed by atoms with E-state index < -0.39 is 0 Å². The molecule has 2 N–H and O–H groups in total. The van der Waals surface area contributed by atoms with Crippen LogP contribution in [0.3, 0.4) is 0 Å². The van der Waals surface area contributed by atoms with Crippen LogP contribution in [-0.2, 0) is 5.41 Å². The minimum absolute atomic E-state index is 0.0885. The van der Waals surface area contributed by atoms with E-state index in [1.165, 1.54) is 0 Å². The lowest BCUT2D eigenvalue weighted by atomic mass is 9.93. The maximum atomic E-state index is 6.22. The summed E-state index contributed by atoms with van der Waals surface area (Å²) in [6.07, 6.45) is 0. The van der Waals surface area contributed by atoms with Crippen LogP contribution in [0.5, 0.6) is 0 Å². The van der Waals surface area contributed by atoms with Crippen molar-refractivity contribution in [3.05, 3.63) is 52.0 Å². The quantitative estimate of drug-likeness (QED) is 0.881. The third-order valence-corrected chi connectivity index (χ3v) is 3.64. The van der Waals surface area contributed by atoms with Gasteiger partial charge in [-0.05, 0) is 5.56 Å². The topological polar surface area (TPSA) is 38.9 Å². The van der Waals surface area contributed by atoms with Crippen LogP contribution in [0.1, 0.15) is 43.1 Å². The third-order valence-electron chi connectivity index (χ3n) is 2.72. The Kier molecular flexibility index (Phi) is 3.31. The molecule has 0 aliphatic heterocycles. The summed E-state index contributed by atoms with van der Waals surface area (Å²) in [6, 6.07) is 9.99. The first-order valence-electron chi connectivity index (χ1n) is 5.75. The van der Waals surface area contributed by atoms with Crippen LogP contribution in [0.15, 0.2) is 35.7 Å². The average Bonchev–Trinajstić information content (AvgIpc) is 2.78. The van der Waals surface area contributed by atoms with Crippen molar-refractivity contribution in [1.29, 1.82) is 0 Å². The highest BCUT2D eigenvalue weighted by Crippen LogP contribution is 2.28. The summed E-state index contributed by atoms with van der Waals surface area (Å²) in [4.78, 5) is 4.65. The Labute approximate surface area is 107 Å². The fraction of sp³-hybridized carbons (Fsp3) is 0.357. The number of nitrogens with zero attached hydrogens (tertiary/aromatic N) is 1. The van der Waals surface area contributed by atoms with Gasteiger partial charge in [-0.2, -0.15) is 0 Å². The van der Waals surface area contributed by atoms with E-state index in [-0.39, 0.29) is 11.5 Å². The lowest BCUT2D eigenvalue weighted by Crippen LogP contribution is -2.14. The van der Waals surface area contributed by atoms with Crippen molar-refractivity contribution >= 4 is 11.3 Å². The smallest absolute Gasteiger partial charge is 0.114 e. The highest BCUT2D eigenvalue weighted by molar-refractivity contribution is 7.09. The molecule has 2 aromatic rings. The molecule has 2 rings (SSSR count). The Morgan fingerprint density at radius 2 is 1.82 bits per heavy atom. The SMILES string of the molecule is CC(C)(C)c1csc([C@H](N)c2ccccc2)n1. The maximum Gasteiger partial charge on any atom is 0.114 e. The zero-order valence-corrected chi connectivity index (χ0v) is 11.3. The van der Waals surface area contributed by atoms with Crippen molar-refractivity contribution in [3.63, 3.8) is 0 Å². The van der Waals surface area contributed by atoms with E-state index in [4.69, 9.17) is 5.73 Å². The molecule has 0 unspecified atom stereocenters. The van der Waals surface area contributed by atoms with Crippen molar-refractivity contribution in [2.45, 2.75) is 32.2 Å². The molecular formula is C14H18N2S. The Morgan fingerprint density at radius 1 is 1.18 bits per heavy atom. The number of hydrogen-bond acceptors (Lipinski definition) is 3. The monoisotopic (exact) mass is 246 g/mol. The van der Waals surface area contributed by atoms with Gasteiger partial charge >= 0.3 is 0 Å². The second-order valence-electron chi connectivity index (χ2n) is 5.21. The molecule has 1 aromatic heterocycles. The van der Waals surface area contributed by atoms with Crippen LogP contribution in [-0.4, -0.2) is 4.98 Å². The van der Waals surface area contributed by atoms with E-state index in [9.17, 15) is 0 Å². The van der Waals surface area contributed by atoms with Crippen LogP contribution in [0, 0.1) is 0 Å². The summed E-state index contributed by atoms with van der Waals surface area (Å²) < 4.78 is 0. The predicted molar refractivity (Wildman–Crippen MR) is 73.3 cm³/mol. The number of benzene rings is 1. The number of rotatable bonds is 2. The van der Waals surface area contributed by atoms with Gasteiger partial charge < -0.3 is 5.73 Å². The highest BCUT2D eigenvalue weighted by atomic mass is 32.1. The summed E-state index contributed by atoms with van der Waals surface area (Å²) in [7, 11) is 0. The van der Waals surface area contributed by atoms with Crippen molar-refractivity contribution in [3.8, 4) is 0 Å². The lowest BCUT2D eigenvalue weighted by molar-refractivity contribution is 0.569. The number of nitrogens with two attached hydrogens (primary N) is 1. The van der Waals surface area contributed by atoms with Gasteiger partial charge in [-0.3, -0.25) is 0 Å². The Morgan fingerprint density at radius 3 is 2.35 bits per heavy atom. The van der Waals surface area contributed by atoms with Gasteiger partial charge in [0.25, 0.3) is 0 Å². The van der Waals surface area contributed by atoms with Crippen molar-refractivity contribution in [1.82, 2.24) is 4.98 Å². The molecule has 0 radical (unpaired) electrons. The van der Waals surface area contributed by atoms with Gasteiger partial charge in [0, 0.05) is 10.8 Å². The minimum atomic E-state index is -0.114.